The molecule has 0 unspecified atom stereocenters. The highest BCUT2D eigenvalue weighted by molar-refractivity contribution is 5.95. The maximum Gasteiger partial charge on any atom is 0.229 e. The molecule has 16 heteroatoms. The molecule has 0 amide bonds. The Morgan fingerprint density at radius 2 is 1.43 bits per heavy atom. The largest absolute Gasteiger partial charge is 0.508 e. The molecule has 42 heavy (non-hydrogen) atoms. The number of ether oxygens (including phenoxy) is 4. The molecule has 1 aromatic heterocycles. The number of aliphatic hydroxyl groups excluding tert-OH is 7. The van der Waals surface area contributed by atoms with Gasteiger partial charge in [-0.2, -0.15) is 0 Å². The summed E-state index contributed by atoms with van der Waals surface area (Å²) in [5, 5.41) is 102. The third kappa shape index (κ3) is 5.19. The molecular weight excluding hydrogens is 568 g/mol. The summed E-state index contributed by atoms with van der Waals surface area (Å²) in [5.41, 5.74) is -1.20. The first kappa shape index (κ1) is 29.8. The molecule has 5 rings (SSSR count). The van der Waals surface area contributed by atoms with Crippen LogP contribution in [-0.2, 0) is 9.47 Å². The summed E-state index contributed by atoms with van der Waals surface area (Å²) in [6.07, 6.45) is -15.8. The van der Waals surface area contributed by atoms with Crippen molar-refractivity contribution in [3.8, 4) is 40.1 Å². The second-order valence-corrected chi connectivity index (χ2v) is 9.76. The summed E-state index contributed by atoms with van der Waals surface area (Å²) in [5.74, 6) is -4.00. The molecule has 2 aliphatic rings. The first-order chi connectivity index (χ1) is 19.9. The van der Waals surface area contributed by atoms with Gasteiger partial charge in [0, 0.05) is 11.6 Å². The molecule has 3 aromatic rings. The van der Waals surface area contributed by atoms with Crippen LogP contribution >= 0.6 is 0 Å². The molecule has 0 aliphatic carbocycles. The Hall–Kier alpha value is -3.71. The van der Waals surface area contributed by atoms with Gasteiger partial charge in [0.1, 0.15) is 59.6 Å². The Balaban J connectivity index is 1.66. The number of benzene rings is 2. The SMILES string of the molecule is O=c1cc(-c2ccc(O)cc2)oc2c(O[C@@H]3OC[C@@H](O)[C@H](O)[C@@H]3O)c(O)c(O[C@@H]3O[C@H](CO)[C@@H](O)[C@H](O)[C@H]3O)c(O)c12. The molecule has 2 aromatic carbocycles. The van der Waals surface area contributed by atoms with Gasteiger partial charge in [-0.3, -0.25) is 4.79 Å². The van der Waals surface area contributed by atoms with Gasteiger partial charge in [-0.1, -0.05) is 0 Å². The Morgan fingerprint density at radius 3 is 2.10 bits per heavy atom. The highest BCUT2D eigenvalue weighted by Crippen LogP contribution is 2.51. The van der Waals surface area contributed by atoms with Crippen molar-refractivity contribution in [1.29, 1.82) is 0 Å². The average Bonchev–Trinajstić information content (AvgIpc) is 2.97. The Bertz CT molecular complexity index is 1490. The van der Waals surface area contributed by atoms with Crippen molar-refractivity contribution in [2.45, 2.75) is 55.3 Å². The number of phenolic OH excluding ortho intramolecular Hbond substituents is 3. The van der Waals surface area contributed by atoms with E-state index in [9.17, 15) is 55.9 Å². The lowest BCUT2D eigenvalue weighted by molar-refractivity contribution is -0.277. The van der Waals surface area contributed by atoms with Crippen molar-refractivity contribution < 1.29 is 74.4 Å². The molecule has 0 spiro atoms. The van der Waals surface area contributed by atoms with Crippen LogP contribution in [0.4, 0.5) is 0 Å². The van der Waals surface area contributed by atoms with E-state index in [2.05, 4.69) is 0 Å². The zero-order chi connectivity index (χ0) is 30.5. The van der Waals surface area contributed by atoms with Crippen LogP contribution in [-0.4, -0.2) is 120 Å². The molecule has 9 atom stereocenters. The van der Waals surface area contributed by atoms with Gasteiger partial charge in [0.2, 0.25) is 29.8 Å². The molecule has 2 fully saturated rings. The molecule has 0 bridgehead atoms. The highest BCUT2D eigenvalue weighted by atomic mass is 16.7. The van der Waals surface area contributed by atoms with Gasteiger partial charge in [0.25, 0.3) is 0 Å². The fourth-order valence-corrected chi connectivity index (χ4v) is 4.58. The van der Waals surface area contributed by atoms with Crippen LogP contribution in [0.1, 0.15) is 0 Å². The minimum absolute atomic E-state index is 0.0830. The predicted octanol–water partition coefficient (Wildman–Crippen LogP) is -2.43. The van der Waals surface area contributed by atoms with E-state index in [0.29, 0.717) is 0 Å². The first-order valence-corrected chi connectivity index (χ1v) is 12.6. The van der Waals surface area contributed by atoms with E-state index in [-0.39, 0.29) is 17.1 Å². The van der Waals surface area contributed by atoms with E-state index in [0.717, 1.165) is 6.07 Å². The first-order valence-electron chi connectivity index (χ1n) is 12.6. The Kier molecular flexibility index (Phi) is 8.17. The number of aliphatic hydroxyl groups is 7. The minimum Gasteiger partial charge on any atom is -0.508 e. The summed E-state index contributed by atoms with van der Waals surface area (Å²) in [6, 6.07) is 6.40. The van der Waals surface area contributed by atoms with Crippen LogP contribution in [0.5, 0.6) is 28.7 Å². The van der Waals surface area contributed by atoms with Crippen LogP contribution in [0.3, 0.4) is 0 Å². The van der Waals surface area contributed by atoms with Crippen LogP contribution in [0.25, 0.3) is 22.3 Å². The predicted molar refractivity (Wildman–Crippen MR) is 136 cm³/mol. The van der Waals surface area contributed by atoms with Crippen LogP contribution in [0, 0.1) is 0 Å². The monoisotopic (exact) mass is 596 g/mol. The quantitative estimate of drug-likeness (QED) is 0.142. The zero-order valence-corrected chi connectivity index (χ0v) is 21.4. The van der Waals surface area contributed by atoms with Gasteiger partial charge >= 0.3 is 0 Å². The van der Waals surface area contributed by atoms with E-state index < -0.39 is 108 Å². The Morgan fingerprint density at radius 1 is 0.786 bits per heavy atom. The van der Waals surface area contributed by atoms with Crippen molar-refractivity contribution in [2.75, 3.05) is 13.2 Å². The highest BCUT2D eigenvalue weighted by Gasteiger charge is 2.46. The fraction of sp³-hybridized carbons (Fsp3) is 0.423. The van der Waals surface area contributed by atoms with Crippen molar-refractivity contribution >= 4 is 11.0 Å². The van der Waals surface area contributed by atoms with Gasteiger partial charge in [-0.15, -0.1) is 0 Å². The molecular formula is C26H28O16. The van der Waals surface area contributed by atoms with E-state index in [1.165, 1.54) is 24.3 Å². The van der Waals surface area contributed by atoms with E-state index in [1.807, 2.05) is 0 Å². The molecule has 2 saturated heterocycles. The standard InChI is InChI=1S/C26H28O16/c27-6-13-16(32)18(34)20(36)26(40-13)41-23-17(33)14-10(29)5-12(8-1-3-9(28)4-2-8)39-22(14)24(21(23)37)42-25-19(35)15(31)11(30)7-38-25/h1-5,11,13,15-16,18-20,25-28,30-37H,6-7H2/t11-,13-,15+,16-,18+,19+,20-,25+,26+/m1/s1. The number of fused-ring (bicyclic) bond motifs is 1. The molecule has 0 radical (unpaired) electrons. The number of aromatic hydroxyl groups is 3. The van der Waals surface area contributed by atoms with Crippen molar-refractivity contribution in [3.05, 3.63) is 40.6 Å². The van der Waals surface area contributed by atoms with E-state index in [1.54, 1.807) is 0 Å². The lowest BCUT2D eigenvalue weighted by Gasteiger charge is -2.39. The van der Waals surface area contributed by atoms with Gasteiger partial charge in [-0.25, -0.2) is 0 Å². The zero-order valence-electron chi connectivity index (χ0n) is 21.4. The van der Waals surface area contributed by atoms with Crippen molar-refractivity contribution in [2.24, 2.45) is 0 Å². The maximum absolute atomic E-state index is 13.3. The molecule has 16 nitrogen and oxygen atoms in total. The number of hydrogen-bond acceptors (Lipinski definition) is 16. The van der Waals surface area contributed by atoms with Gasteiger partial charge < -0.3 is 74.4 Å². The fourth-order valence-electron chi connectivity index (χ4n) is 4.58. The van der Waals surface area contributed by atoms with Crippen LogP contribution in [0.15, 0.2) is 39.5 Å². The molecule has 0 saturated carbocycles. The van der Waals surface area contributed by atoms with Crippen LogP contribution in [0.2, 0.25) is 0 Å². The smallest absolute Gasteiger partial charge is 0.229 e. The number of phenols is 3. The topological polar surface area (TPSA) is 269 Å². The lowest BCUT2D eigenvalue weighted by Crippen LogP contribution is -2.60. The summed E-state index contributed by atoms with van der Waals surface area (Å²) in [4.78, 5) is 13.3. The minimum atomic E-state index is -1.98. The molecule has 2 aliphatic heterocycles. The number of rotatable bonds is 6. The maximum atomic E-state index is 13.3. The second-order valence-electron chi connectivity index (χ2n) is 9.76. The van der Waals surface area contributed by atoms with Crippen molar-refractivity contribution in [3.63, 3.8) is 0 Å². The average molecular weight is 596 g/mol. The lowest BCUT2D eigenvalue weighted by atomic mass is 9.99. The summed E-state index contributed by atoms with van der Waals surface area (Å²) in [7, 11) is 0. The Labute approximate surface area is 235 Å². The molecule has 10 N–H and O–H groups in total. The number of hydrogen-bond donors (Lipinski definition) is 10. The van der Waals surface area contributed by atoms with Gasteiger partial charge in [-0.05, 0) is 24.3 Å². The van der Waals surface area contributed by atoms with Gasteiger partial charge in [0.15, 0.2) is 16.8 Å². The van der Waals surface area contributed by atoms with E-state index in [4.69, 9.17) is 23.4 Å². The molecule has 228 valence electrons. The summed E-state index contributed by atoms with van der Waals surface area (Å²) >= 11 is 0. The summed E-state index contributed by atoms with van der Waals surface area (Å²) < 4.78 is 27.3. The normalized spacial score (nSPS) is 31.6. The molecule has 3 heterocycles. The van der Waals surface area contributed by atoms with Crippen LogP contribution < -0.4 is 14.9 Å². The second kappa shape index (κ2) is 11.5. The third-order valence-corrected chi connectivity index (χ3v) is 6.96. The summed E-state index contributed by atoms with van der Waals surface area (Å²) in [6.45, 7) is -1.32. The van der Waals surface area contributed by atoms with Gasteiger partial charge in [0.05, 0.1) is 13.2 Å². The van der Waals surface area contributed by atoms with E-state index >= 15 is 0 Å². The van der Waals surface area contributed by atoms with Crippen molar-refractivity contribution in [1.82, 2.24) is 0 Å². The third-order valence-electron chi connectivity index (χ3n) is 6.96.